The molecule has 0 saturated heterocycles. The van der Waals surface area contributed by atoms with Crippen molar-refractivity contribution in [2.24, 2.45) is 0 Å². The largest absolute Gasteiger partial charge is 0.454 e. The van der Waals surface area contributed by atoms with Crippen molar-refractivity contribution in [3.63, 3.8) is 0 Å². The lowest BCUT2D eigenvalue weighted by Gasteiger charge is -2.25. The second-order valence-corrected chi connectivity index (χ2v) is 5.00. The van der Waals surface area contributed by atoms with Gasteiger partial charge in [-0.25, -0.2) is 4.39 Å². The average Bonchev–Trinajstić information content (AvgIpc) is 2.92. The molecule has 0 N–H and O–H groups in total. The molecule has 5 heteroatoms. The van der Waals surface area contributed by atoms with Gasteiger partial charge in [-0.1, -0.05) is 18.2 Å². The lowest BCUT2D eigenvalue weighted by atomic mass is 9.86. The number of carbonyl (C=O) groups excluding carboxylic acids is 1. The number of carbonyl (C=O) groups is 1. The molecule has 2 aromatic rings. The highest BCUT2D eigenvalue weighted by atomic mass is 19.1. The van der Waals surface area contributed by atoms with Crippen LogP contribution < -0.4 is 14.2 Å². The van der Waals surface area contributed by atoms with Gasteiger partial charge in [0.15, 0.2) is 11.5 Å². The number of hydrogen-bond acceptors (Lipinski definition) is 4. The fourth-order valence-corrected chi connectivity index (χ4v) is 2.78. The molecule has 0 unspecified atom stereocenters. The minimum Gasteiger partial charge on any atom is -0.454 e. The number of halogens is 1. The molecule has 0 amide bonds. The standard InChI is InChI=1S/C16H11FO4/c17-12-4-2-1-3-9(12)10-6-16(18)21-13-7-15-14(5-11(10)13)19-8-20-15/h1-5,7,10H,6,8H2/t10-/m1/s1. The Balaban J connectivity index is 1.88. The molecule has 0 aromatic heterocycles. The van der Waals surface area contributed by atoms with Crippen LogP contribution in [0.15, 0.2) is 36.4 Å². The van der Waals surface area contributed by atoms with Gasteiger partial charge in [-0.05, 0) is 17.7 Å². The van der Waals surface area contributed by atoms with Gasteiger partial charge in [0.1, 0.15) is 11.6 Å². The number of rotatable bonds is 1. The first-order valence-corrected chi connectivity index (χ1v) is 6.61. The van der Waals surface area contributed by atoms with E-state index >= 15 is 0 Å². The van der Waals surface area contributed by atoms with E-state index < -0.39 is 0 Å². The lowest BCUT2D eigenvalue weighted by molar-refractivity contribution is -0.135. The Morgan fingerprint density at radius 2 is 1.76 bits per heavy atom. The van der Waals surface area contributed by atoms with E-state index in [1.807, 2.05) is 0 Å². The van der Waals surface area contributed by atoms with Crippen molar-refractivity contribution < 1.29 is 23.4 Å². The van der Waals surface area contributed by atoms with Crippen LogP contribution in [0.3, 0.4) is 0 Å². The van der Waals surface area contributed by atoms with E-state index in [1.54, 1.807) is 30.3 Å². The highest BCUT2D eigenvalue weighted by Crippen LogP contribution is 2.46. The van der Waals surface area contributed by atoms with E-state index in [-0.39, 0.29) is 30.9 Å². The molecular weight excluding hydrogens is 275 g/mol. The van der Waals surface area contributed by atoms with Gasteiger partial charge in [-0.15, -0.1) is 0 Å². The molecule has 2 aliphatic rings. The monoisotopic (exact) mass is 286 g/mol. The van der Waals surface area contributed by atoms with Gasteiger partial charge in [0.25, 0.3) is 0 Å². The van der Waals surface area contributed by atoms with Gasteiger partial charge >= 0.3 is 5.97 Å². The molecular formula is C16H11FO4. The average molecular weight is 286 g/mol. The summed E-state index contributed by atoms with van der Waals surface area (Å²) in [5.74, 6) is 0.444. The first-order valence-electron chi connectivity index (χ1n) is 6.61. The van der Waals surface area contributed by atoms with Crippen LogP contribution in [0.1, 0.15) is 23.5 Å². The van der Waals surface area contributed by atoms with Crippen molar-refractivity contribution in [3.8, 4) is 17.2 Å². The summed E-state index contributed by atoms with van der Waals surface area (Å²) in [5, 5.41) is 0. The predicted octanol–water partition coefficient (Wildman–Crippen LogP) is 3.00. The smallest absolute Gasteiger partial charge is 0.312 e. The summed E-state index contributed by atoms with van der Waals surface area (Å²) in [4.78, 5) is 11.8. The van der Waals surface area contributed by atoms with E-state index in [9.17, 15) is 9.18 Å². The normalized spacial score (nSPS) is 19.1. The Labute approximate surface area is 120 Å². The first kappa shape index (κ1) is 12.2. The van der Waals surface area contributed by atoms with Crippen molar-refractivity contribution in [2.75, 3.05) is 6.79 Å². The van der Waals surface area contributed by atoms with Gasteiger partial charge in [0.2, 0.25) is 6.79 Å². The zero-order chi connectivity index (χ0) is 14.4. The van der Waals surface area contributed by atoms with Crippen LogP contribution in [0.25, 0.3) is 0 Å². The van der Waals surface area contributed by atoms with E-state index in [0.29, 0.717) is 22.8 Å². The summed E-state index contributed by atoms with van der Waals surface area (Å²) in [6, 6.07) is 9.85. The van der Waals surface area contributed by atoms with Gasteiger partial charge in [0, 0.05) is 17.5 Å². The number of ether oxygens (including phenoxy) is 3. The summed E-state index contributed by atoms with van der Waals surface area (Å²) in [6.45, 7) is 0.135. The van der Waals surface area contributed by atoms with Crippen LogP contribution in [-0.4, -0.2) is 12.8 Å². The van der Waals surface area contributed by atoms with Crippen LogP contribution in [-0.2, 0) is 4.79 Å². The molecule has 2 aliphatic heterocycles. The molecule has 106 valence electrons. The molecule has 0 spiro atoms. The molecule has 4 rings (SSSR count). The summed E-state index contributed by atoms with van der Waals surface area (Å²) in [7, 11) is 0. The number of fused-ring (bicyclic) bond motifs is 2. The minimum atomic E-state index is -0.380. The summed E-state index contributed by atoms with van der Waals surface area (Å²) in [5.41, 5.74) is 1.22. The maximum atomic E-state index is 14.1. The van der Waals surface area contributed by atoms with Crippen molar-refractivity contribution in [1.82, 2.24) is 0 Å². The van der Waals surface area contributed by atoms with Crippen LogP contribution in [0.2, 0.25) is 0 Å². The molecule has 21 heavy (non-hydrogen) atoms. The van der Waals surface area contributed by atoms with Gasteiger partial charge < -0.3 is 14.2 Å². The molecule has 0 aliphatic carbocycles. The molecule has 1 atom stereocenters. The highest BCUT2D eigenvalue weighted by molar-refractivity contribution is 5.78. The van der Waals surface area contributed by atoms with Crippen LogP contribution in [0.4, 0.5) is 4.39 Å². The van der Waals surface area contributed by atoms with Crippen LogP contribution in [0, 0.1) is 5.82 Å². The Morgan fingerprint density at radius 3 is 2.57 bits per heavy atom. The van der Waals surface area contributed by atoms with Crippen molar-refractivity contribution in [3.05, 3.63) is 53.3 Å². The van der Waals surface area contributed by atoms with Gasteiger partial charge in [-0.3, -0.25) is 4.79 Å². The third-order valence-electron chi connectivity index (χ3n) is 3.76. The molecule has 0 radical (unpaired) electrons. The van der Waals surface area contributed by atoms with Crippen molar-refractivity contribution in [2.45, 2.75) is 12.3 Å². The van der Waals surface area contributed by atoms with Gasteiger partial charge in [0.05, 0.1) is 6.42 Å². The van der Waals surface area contributed by atoms with E-state index in [1.165, 1.54) is 6.07 Å². The SMILES string of the molecule is O=C1C[C@H](c2ccccc2F)c2cc3c(cc2O1)OCO3. The zero-order valence-corrected chi connectivity index (χ0v) is 11.0. The number of benzene rings is 2. The topological polar surface area (TPSA) is 44.8 Å². The van der Waals surface area contributed by atoms with Crippen LogP contribution >= 0.6 is 0 Å². The Bertz CT molecular complexity index is 741. The summed E-state index contributed by atoms with van der Waals surface area (Å²) in [6.07, 6.45) is 0.105. The summed E-state index contributed by atoms with van der Waals surface area (Å²) < 4.78 is 29.9. The van der Waals surface area contributed by atoms with E-state index in [4.69, 9.17) is 14.2 Å². The molecule has 0 bridgehead atoms. The van der Waals surface area contributed by atoms with Crippen molar-refractivity contribution >= 4 is 5.97 Å². The first-order chi connectivity index (χ1) is 10.2. The van der Waals surface area contributed by atoms with E-state index in [0.717, 1.165) is 5.56 Å². The third kappa shape index (κ3) is 1.93. The molecule has 4 nitrogen and oxygen atoms in total. The zero-order valence-electron chi connectivity index (χ0n) is 11.0. The quantitative estimate of drug-likeness (QED) is 0.597. The fourth-order valence-electron chi connectivity index (χ4n) is 2.78. The van der Waals surface area contributed by atoms with E-state index in [2.05, 4.69) is 0 Å². The highest BCUT2D eigenvalue weighted by Gasteiger charge is 2.32. The minimum absolute atomic E-state index is 0.105. The maximum Gasteiger partial charge on any atom is 0.312 e. The van der Waals surface area contributed by atoms with Crippen molar-refractivity contribution in [1.29, 1.82) is 0 Å². The Hall–Kier alpha value is -2.56. The lowest BCUT2D eigenvalue weighted by Crippen LogP contribution is -2.21. The van der Waals surface area contributed by atoms with Gasteiger partial charge in [-0.2, -0.15) is 0 Å². The molecule has 0 fully saturated rings. The fraction of sp³-hybridized carbons (Fsp3) is 0.188. The predicted molar refractivity (Wildman–Crippen MR) is 71.1 cm³/mol. The number of esters is 1. The molecule has 2 aromatic carbocycles. The Morgan fingerprint density at radius 1 is 1.00 bits per heavy atom. The maximum absolute atomic E-state index is 14.1. The molecule has 0 saturated carbocycles. The second kappa shape index (κ2) is 4.48. The van der Waals surface area contributed by atoms with Crippen LogP contribution in [0.5, 0.6) is 17.2 Å². The number of hydrogen-bond donors (Lipinski definition) is 0. The Kier molecular flexibility index (Phi) is 2.60. The molecule has 2 heterocycles. The second-order valence-electron chi connectivity index (χ2n) is 5.00. The summed E-state index contributed by atoms with van der Waals surface area (Å²) >= 11 is 0. The third-order valence-corrected chi connectivity index (χ3v) is 3.76.